The van der Waals surface area contributed by atoms with Crippen LogP contribution < -0.4 is 11.5 Å². The Bertz CT molecular complexity index is 1220. The average Bonchev–Trinajstić information content (AvgIpc) is 3.42. The maximum Gasteiger partial charge on any atom is 0.227 e. The second-order valence-corrected chi connectivity index (χ2v) is 10.6. The number of nitrogens with two attached hydrogens (primary N) is 2. The minimum Gasteiger partial charge on any atom is -0.370 e. The molecule has 1 aliphatic rings. The maximum absolute atomic E-state index is 13.7. The first-order chi connectivity index (χ1) is 18.6. The average molecular weight is 539 g/mol. The molecule has 0 unspecified atom stereocenters. The largest absolute Gasteiger partial charge is 0.370 e. The van der Waals surface area contributed by atoms with Crippen LogP contribution >= 0.6 is 0 Å². The van der Waals surface area contributed by atoms with Crippen molar-refractivity contribution in [1.29, 1.82) is 0 Å². The normalized spacial score (nSPS) is 16.7. The van der Waals surface area contributed by atoms with E-state index in [0.29, 0.717) is 31.4 Å². The molecule has 39 heavy (non-hydrogen) atoms. The van der Waals surface area contributed by atoms with E-state index in [1.165, 1.54) is 0 Å². The van der Waals surface area contributed by atoms with E-state index in [9.17, 15) is 23.6 Å². The van der Waals surface area contributed by atoms with Gasteiger partial charge in [0.25, 0.3) is 0 Å². The first-order valence-corrected chi connectivity index (χ1v) is 13.6. The van der Waals surface area contributed by atoms with Crippen LogP contribution in [0.2, 0.25) is 0 Å². The van der Waals surface area contributed by atoms with Gasteiger partial charge in [0.05, 0.1) is 6.04 Å². The molecule has 8 nitrogen and oxygen atoms in total. The Morgan fingerprint density at radius 3 is 2.44 bits per heavy atom. The van der Waals surface area contributed by atoms with Crippen molar-refractivity contribution < 1.29 is 23.6 Å². The van der Waals surface area contributed by atoms with E-state index in [1.54, 1.807) is 11.0 Å². The summed E-state index contributed by atoms with van der Waals surface area (Å²) in [7, 11) is 0. The summed E-state index contributed by atoms with van der Waals surface area (Å²) in [5.74, 6) is -2.79. The van der Waals surface area contributed by atoms with E-state index >= 15 is 0 Å². The van der Waals surface area contributed by atoms with Gasteiger partial charge in [0.1, 0.15) is 6.67 Å². The van der Waals surface area contributed by atoms with Crippen LogP contribution in [0.4, 0.5) is 4.39 Å². The molecule has 2 aromatic rings. The number of rotatable bonds is 14. The molecule has 0 spiro atoms. The molecule has 0 aromatic heterocycles. The summed E-state index contributed by atoms with van der Waals surface area (Å²) in [6.45, 7) is 3.34. The molecule has 9 heteroatoms. The van der Waals surface area contributed by atoms with E-state index in [-0.39, 0.29) is 55.2 Å². The van der Waals surface area contributed by atoms with Crippen LogP contribution in [0, 0.1) is 17.8 Å². The van der Waals surface area contributed by atoms with Gasteiger partial charge in [-0.25, -0.2) is 4.39 Å². The number of ketones is 3. The van der Waals surface area contributed by atoms with Crippen LogP contribution in [-0.4, -0.2) is 59.9 Å². The molecule has 1 heterocycles. The number of guanidine groups is 1. The summed E-state index contributed by atoms with van der Waals surface area (Å²) < 4.78 is 13.2. The smallest absolute Gasteiger partial charge is 0.227 e. The Hall–Kier alpha value is -3.62. The van der Waals surface area contributed by atoms with Gasteiger partial charge in [0.2, 0.25) is 5.91 Å². The summed E-state index contributed by atoms with van der Waals surface area (Å²) in [6, 6.07) is 12.6. The summed E-state index contributed by atoms with van der Waals surface area (Å²) in [5.41, 5.74) is 11.2. The molecule has 4 N–H and O–H groups in total. The lowest BCUT2D eigenvalue weighted by atomic mass is 9.86. The highest BCUT2D eigenvalue weighted by molar-refractivity contribution is 6.02. The molecule has 3 rings (SSSR count). The topological polar surface area (TPSA) is 136 Å². The lowest BCUT2D eigenvalue weighted by Gasteiger charge is -2.30. The third-order valence-electron chi connectivity index (χ3n) is 7.55. The highest BCUT2D eigenvalue weighted by Crippen LogP contribution is 2.29. The number of alkyl halides is 1. The fourth-order valence-corrected chi connectivity index (χ4v) is 5.28. The number of benzene rings is 2. The summed E-state index contributed by atoms with van der Waals surface area (Å²) >= 11 is 0. The summed E-state index contributed by atoms with van der Waals surface area (Å²) in [6.07, 6.45) is 1.75. The predicted molar refractivity (Wildman–Crippen MR) is 150 cm³/mol. The van der Waals surface area contributed by atoms with Gasteiger partial charge in [-0.3, -0.25) is 24.2 Å². The van der Waals surface area contributed by atoms with E-state index < -0.39 is 30.3 Å². The van der Waals surface area contributed by atoms with Crippen molar-refractivity contribution in [1.82, 2.24) is 4.90 Å². The lowest BCUT2D eigenvalue weighted by Crippen LogP contribution is -2.45. The first-order valence-electron chi connectivity index (χ1n) is 13.6. The molecule has 3 atom stereocenters. The molecule has 210 valence electrons. The van der Waals surface area contributed by atoms with Crippen molar-refractivity contribution in [2.45, 2.75) is 58.4 Å². The quantitative estimate of drug-likeness (QED) is 0.162. The van der Waals surface area contributed by atoms with Crippen LogP contribution in [0.3, 0.4) is 0 Å². The number of carbonyl (C=O) groups is 4. The third kappa shape index (κ3) is 7.94. The SMILES string of the molecule is CC(C)[C@H](CC(=O)c1ccc2ccccc2c1)C(=O)N1CCC[C@H]1C(=O)C[C@@H](CCCN=C(N)N)C(=O)CF. The van der Waals surface area contributed by atoms with Crippen LogP contribution in [0.1, 0.15) is 62.7 Å². The maximum atomic E-state index is 13.7. The lowest BCUT2D eigenvalue weighted by molar-refractivity contribution is -0.142. The van der Waals surface area contributed by atoms with Gasteiger partial charge in [-0.05, 0) is 48.4 Å². The van der Waals surface area contributed by atoms with Gasteiger partial charge >= 0.3 is 0 Å². The first kappa shape index (κ1) is 29.9. The van der Waals surface area contributed by atoms with Crippen LogP contribution in [0.25, 0.3) is 10.8 Å². The molecule has 0 bridgehead atoms. The number of aliphatic imine (C=N–C) groups is 1. The zero-order chi connectivity index (χ0) is 28.5. The zero-order valence-corrected chi connectivity index (χ0v) is 22.8. The van der Waals surface area contributed by atoms with Crippen molar-refractivity contribution in [3.8, 4) is 0 Å². The van der Waals surface area contributed by atoms with Crippen molar-refractivity contribution >= 4 is 40.0 Å². The van der Waals surface area contributed by atoms with Crippen molar-refractivity contribution in [3.05, 3.63) is 48.0 Å². The van der Waals surface area contributed by atoms with Gasteiger partial charge in [0, 0.05) is 43.3 Å². The van der Waals surface area contributed by atoms with Crippen molar-refractivity contribution in [3.63, 3.8) is 0 Å². The number of hydrogen-bond donors (Lipinski definition) is 2. The van der Waals surface area contributed by atoms with Crippen molar-refractivity contribution in [2.75, 3.05) is 19.8 Å². The molecule has 0 radical (unpaired) electrons. The molecule has 1 saturated heterocycles. The van der Waals surface area contributed by atoms with Crippen LogP contribution in [-0.2, 0) is 14.4 Å². The summed E-state index contributed by atoms with van der Waals surface area (Å²) in [5, 5.41) is 1.99. The standard InChI is InChI=1S/C30H39FN4O4/c1-19(2)24(17-26(36)23-12-11-20-7-3-4-8-21(20)15-23)29(39)35-14-6-10-25(35)27(37)16-22(28(38)18-31)9-5-13-34-30(32)33/h3-4,7-8,11-12,15,19,22,24-25H,5-6,9-10,13-14,16-18H2,1-2H3,(H4,32,33,34)/t22-,24+,25+/m1/s1. The third-order valence-corrected chi connectivity index (χ3v) is 7.55. The Kier molecular flexibility index (Phi) is 10.7. The monoisotopic (exact) mass is 538 g/mol. The second kappa shape index (κ2) is 14.0. The molecule has 0 aliphatic carbocycles. The van der Waals surface area contributed by atoms with Crippen molar-refractivity contribution in [2.24, 2.45) is 34.2 Å². The number of carbonyl (C=O) groups excluding carboxylic acids is 4. The molecule has 1 fully saturated rings. The molecule has 0 saturated carbocycles. The number of Topliss-reactive ketones (excluding diaryl/α,β-unsaturated/α-hetero) is 3. The number of likely N-dealkylation sites (tertiary alicyclic amines) is 1. The van der Waals surface area contributed by atoms with E-state index in [0.717, 1.165) is 10.8 Å². The molecular formula is C30H39FN4O4. The Labute approximate surface area is 229 Å². The number of halogens is 1. The molecular weight excluding hydrogens is 499 g/mol. The van der Waals surface area contributed by atoms with Gasteiger partial charge in [-0.2, -0.15) is 0 Å². The number of nitrogens with zero attached hydrogens (tertiary/aromatic N) is 2. The van der Waals surface area contributed by atoms with E-state index in [1.807, 2.05) is 50.2 Å². The molecule has 1 amide bonds. The molecule has 2 aromatic carbocycles. The van der Waals surface area contributed by atoms with E-state index in [4.69, 9.17) is 11.5 Å². The Balaban J connectivity index is 1.69. The Morgan fingerprint density at radius 2 is 1.77 bits per heavy atom. The highest BCUT2D eigenvalue weighted by atomic mass is 19.1. The second-order valence-electron chi connectivity index (χ2n) is 10.6. The zero-order valence-electron chi connectivity index (χ0n) is 22.8. The minimum atomic E-state index is -1.15. The van der Waals surface area contributed by atoms with Crippen LogP contribution in [0.5, 0.6) is 0 Å². The Morgan fingerprint density at radius 1 is 1.05 bits per heavy atom. The van der Waals surface area contributed by atoms with Gasteiger partial charge in [-0.1, -0.05) is 50.2 Å². The predicted octanol–water partition coefficient (Wildman–Crippen LogP) is 3.84. The fourth-order valence-electron chi connectivity index (χ4n) is 5.28. The van der Waals surface area contributed by atoms with E-state index in [2.05, 4.69) is 4.99 Å². The minimum absolute atomic E-state index is 0.0417. The highest BCUT2D eigenvalue weighted by Gasteiger charge is 2.39. The molecule has 1 aliphatic heterocycles. The summed E-state index contributed by atoms with van der Waals surface area (Å²) in [4.78, 5) is 57.8. The number of amides is 1. The van der Waals surface area contributed by atoms with Gasteiger partial charge in [-0.15, -0.1) is 0 Å². The van der Waals surface area contributed by atoms with Crippen LogP contribution in [0.15, 0.2) is 47.5 Å². The number of hydrogen-bond acceptors (Lipinski definition) is 5. The van der Waals surface area contributed by atoms with Gasteiger partial charge in [0.15, 0.2) is 23.3 Å². The fraction of sp³-hybridized carbons (Fsp3) is 0.500. The number of fused-ring (bicyclic) bond motifs is 1. The van der Waals surface area contributed by atoms with Gasteiger partial charge < -0.3 is 16.4 Å².